The summed E-state index contributed by atoms with van der Waals surface area (Å²) in [4.78, 5) is 23.6. The zero-order valence-electron chi connectivity index (χ0n) is 13.9. The number of nitrogens with one attached hydrogen (secondary N) is 3. The van der Waals surface area contributed by atoms with Crippen molar-refractivity contribution in [3.63, 3.8) is 0 Å². The van der Waals surface area contributed by atoms with Crippen LogP contribution in [0.5, 0.6) is 0 Å². The molecule has 2 rings (SSSR count). The molecule has 0 fully saturated rings. The average Bonchev–Trinajstić information content (AvgIpc) is 2.55. The van der Waals surface area contributed by atoms with Crippen LogP contribution in [-0.2, 0) is 4.79 Å². The molecule has 126 valence electrons. The van der Waals surface area contributed by atoms with E-state index in [0.717, 1.165) is 16.8 Å². The number of hydrogen-bond donors (Lipinski definition) is 3. The van der Waals surface area contributed by atoms with Crippen LogP contribution in [0, 0.1) is 13.8 Å². The lowest BCUT2D eigenvalue weighted by Crippen LogP contribution is -2.22. The van der Waals surface area contributed by atoms with Crippen LogP contribution in [0.2, 0.25) is 5.02 Å². The van der Waals surface area contributed by atoms with Crippen molar-refractivity contribution < 1.29 is 9.59 Å². The van der Waals surface area contributed by atoms with Crippen LogP contribution in [0.3, 0.4) is 0 Å². The van der Waals surface area contributed by atoms with Gasteiger partial charge in [-0.05, 0) is 43.7 Å². The molecule has 0 heterocycles. The van der Waals surface area contributed by atoms with E-state index in [2.05, 4.69) is 16.0 Å². The Hall–Kier alpha value is -2.53. The summed E-state index contributed by atoms with van der Waals surface area (Å²) in [5.74, 6) is -0.410. The van der Waals surface area contributed by atoms with Gasteiger partial charge in [-0.3, -0.25) is 9.59 Å². The van der Waals surface area contributed by atoms with E-state index in [4.69, 9.17) is 11.6 Å². The smallest absolute Gasteiger partial charge is 0.252 e. The fraction of sp³-hybridized carbons (Fsp3) is 0.222. The molecule has 0 saturated carbocycles. The fourth-order valence-corrected chi connectivity index (χ4v) is 2.54. The molecular formula is C18H20ClN3O2. The second kappa shape index (κ2) is 7.84. The summed E-state index contributed by atoms with van der Waals surface area (Å²) < 4.78 is 0. The van der Waals surface area contributed by atoms with Gasteiger partial charge in [0.1, 0.15) is 0 Å². The number of aryl methyl sites for hydroxylation is 2. The van der Waals surface area contributed by atoms with E-state index in [0.29, 0.717) is 16.3 Å². The Morgan fingerprint density at radius 2 is 1.83 bits per heavy atom. The lowest BCUT2D eigenvalue weighted by molar-refractivity contribution is -0.114. The monoisotopic (exact) mass is 345 g/mol. The van der Waals surface area contributed by atoms with Gasteiger partial charge in [0.05, 0.1) is 17.1 Å². The maximum absolute atomic E-state index is 12.1. The van der Waals surface area contributed by atoms with Gasteiger partial charge in [0, 0.05) is 18.4 Å². The normalized spacial score (nSPS) is 10.2. The molecule has 3 N–H and O–H groups in total. The molecule has 2 aromatic rings. The molecule has 0 radical (unpaired) electrons. The summed E-state index contributed by atoms with van der Waals surface area (Å²) in [5.41, 5.74) is 4.02. The first-order valence-electron chi connectivity index (χ1n) is 7.53. The lowest BCUT2D eigenvalue weighted by Gasteiger charge is -2.11. The summed E-state index contributed by atoms with van der Waals surface area (Å²) in [6.07, 6.45) is 0. The maximum atomic E-state index is 12.1. The number of benzene rings is 2. The number of amides is 2. The van der Waals surface area contributed by atoms with Crippen molar-refractivity contribution in [3.05, 3.63) is 58.1 Å². The largest absolute Gasteiger partial charge is 0.376 e. The van der Waals surface area contributed by atoms with Gasteiger partial charge in [-0.2, -0.15) is 0 Å². The predicted octanol–water partition coefficient (Wildman–Crippen LogP) is 3.37. The second-order valence-electron chi connectivity index (χ2n) is 5.49. The van der Waals surface area contributed by atoms with Gasteiger partial charge >= 0.3 is 0 Å². The fourth-order valence-electron chi connectivity index (χ4n) is 2.27. The highest BCUT2D eigenvalue weighted by Gasteiger charge is 2.10. The van der Waals surface area contributed by atoms with E-state index in [-0.39, 0.29) is 18.4 Å². The first-order valence-corrected chi connectivity index (χ1v) is 7.91. The number of rotatable bonds is 5. The Morgan fingerprint density at radius 1 is 1.08 bits per heavy atom. The molecule has 24 heavy (non-hydrogen) atoms. The third-order valence-corrected chi connectivity index (χ3v) is 3.86. The van der Waals surface area contributed by atoms with Gasteiger partial charge in [-0.25, -0.2) is 0 Å². The molecule has 5 nitrogen and oxygen atoms in total. The number of halogens is 1. The van der Waals surface area contributed by atoms with Crippen LogP contribution in [0.25, 0.3) is 0 Å². The van der Waals surface area contributed by atoms with Crippen LogP contribution in [0.15, 0.2) is 36.4 Å². The van der Waals surface area contributed by atoms with Crippen molar-refractivity contribution in [2.24, 2.45) is 0 Å². The molecule has 2 amide bonds. The highest BCUT2D eigenvalue weighted by atomic mass is 35.5. The average molecular weight is 346 g/mol. The van der Waals surface area contributed by atoms with E-state index in [9.17, 15) is 9.59 Å². The first-order chi connectivity index (χ1) is 11.4. The molecule has 2 aromatic carbocycles. The van der Waals surface area contributed by atoms with Crippen LogP contribution in [0.4, 0.5) is 11.4 Å². The van der Waals surface area contributed by atoms with Crippen LogP contribution >= 0.6 is 11.6 Å². The summed E-state index contributed by atoms with van der Waals surface area (Å²) in [6, 6.07) is 10.8. The van der Waals surface area contributed by atoms with E-state index >= 15 is 0 Å². The first kappa shape index (κ1) is 17.8. The van der Waals surface area contributed by atoms with Gasteiger partial charge in [-0.15, -0.1) is 0 Å². The topological polar surface area (TPSA) is 70.2 Å². The predicted molar refractivity (Wildman–Crippen MR) is 97.9 cm³/mol. The molecule has 0 aliphatic heterocycles. The molecule has 0 unspecified atom stereocenters. The van der Waals surface area contributed by atoms with Crippen LogP contribution in [0.1, 0.15) is 21.5 Å². The quantitative estimate of drug-likeness (QED) is 0.778. The molecule has 0 bridgehead atoms. The Morgan fingerprint density at radius 3 is 2.46 bits per heavy atom. The van der Waals surface area contributed by atoms with Crippen LogP contribution < -0.4 is 16.0 Å². The van der Waals surface area contributed by atoms with Crippen LogP contribution in [-0.4, -0.2) is 25.4 Å². The Bertz CT molecular complexity index is 775. The van der Waals surface area contributed by atoms with E-state index in [1.54, 1.807) is 25.2 Å². The second-order valence-corrected chi connectivity index (χ2v) is 5.90. The number of hydrogen-bond acceptors (Lipinski definition) is 3. The maximum Gasteiger partial charge on any atom is 0.252 e. The molecule has 0 spiro atoms. The van der Waals surface area contributed by atoms with E-state index < -0.39 is 0 Å². The van der Waals surface area contributed by atoms with Crippen molar-refractivity contribution >= 4 is 34.8 Å². The third-order valence-electron chi connectivity index (χ3n) is 3.55. The highest BCUT2D eigenvalue weighted by Crippen LogP contribution is 2.21. The van der Waals surface area contributed by atoms with E-state index in [1.165, 1.54) is 0 Å². The van der Waals surface area contributed by atoms with Gasteiger partial charge in [-0.1, -0.05) is 29.3 Å². The van der Waals surface area contributed by atoms with E-state index in [1.807, 2.05) is 32.0 Å². The number of anilines is 2. The van der Waals surface area contributed by atoms with Crippen molar-refractivity contribution in [3.8, 4) is 0 Å². The Labute approximate surface area is 146 Å². The minimum absolute atomic E-state index is 0.100. The van der Waals surface area contributed by atoms with Crippen molar-refractivity contribution in [2.45, 2.75) is 13.8 Å². The Balaban J connectivity index is 1.96. The van der Waals surface area contributed by atoms with Gasteiger partial charge < -0.3 is 16.0 Å². The van der Waals surface area contributed by atoms with Crippen molar-refractivity contribution in [1.29, 1.82) is 0 Å². The number of carbonyl (C=O) groups is 2. The molecule has 0 saturated heterocycles. The molecule has 0 aliphatic rings. The zero-order chi connectivity index (χ0) is 17.7. The highest BCUT2D eigenvalue weighted by molar-refractivity contribution is 6.34. The minimum atomic E-state index is -0.251. The lowest BCUT2D eigenvalue weighted by atomic mass is 10.1. The molecule has 0 aliphatic carbocycles. The minimum Gasteiger partial charge on any atom is -0.376 e. The van der Waals surface area contributed by atoms with Gasteiger partial charge in [0.15, 0.2) is 0 Å². The van der Waals surface area contributed by atoms with Crippen molar-refractivity contribution in [2.75, 3.05) is 24.2 Å². The summed E-state index contributed by atoms with van der Waals surface area (Å²) in [5, 5.41) is 8.70. The molecular weight excluding hydrogens is 326 g/mol. The Kier molecular flexibility index (Phi) is 5.82. The standard InChI is InChI=1S/C18H20ClN3O2/c1-11-4-7-16(12(2)8-11)22-17(23)10-21-13-5-6-14(15(19)9-13)18(24)20-3/h4-9,21H,10H2,1-3H3,(H,20,24)(H,22,23). The summed E-state index contributed by atoms with van der Waals surface area (Å²) in [7, 11) is 1.54. The van der Waals surface area contributed by atoms with Crippen molar-refractivity contribution in [1.82, 2.24) is 5.32 Å². The molecule has 6 heteroatoms. The summed E-state index contributed by atoms with van der Waals surface area (Å²) in [6.45, 7) is 4.06. The summed E-state index contributed by atoms with van der Waals surface area (Å²) >= 11 is 6.08. The van der Waals surface area contributed by atoms with Gasteiger partial charge in [0.2, 0.25) is 5.91 Å². The molecule has 0 atom stereocenters. The third kappa shape index (κ3) is 4.49. The molecule has 0 aromatic heterocycles. The zero-order valence-corrected chi connectivity index (χ0v) is 14.6. The number of carbonyl (C=O) groups excluding carboxylic acids is 2. The van der Waals surface area contributed by atoms with Gasteiger partial charge in [0.25, 0.3) is 5.91 Å². The SMILES string of the molecule is CNC(=O)c1ccc(NCC(=O)Nc2ccc(C)cc2C)cc1Cl.